The number of carbonyl (C=O) groups excluding carboxylic acids is 1. The van der Waals surface area contributed by atoms with Crippen molar-refractivity contribution >= 4 is 34.0 Å². The number of rotatable bonds is 6. The van der Waals surface area contributed by atoms with Crippen LogP contribution in [0, 0.1) is 0 Å². The number of amides is 1. The lowest BCUT2D eigenvalue weighted by molar-refractivity contribution is -0.115. The minimum atomic E-state index is -0.0661. The topological polar surface area (TPSA) is 69.8 Å². The van der Waals surface area contributed by atoms with Crippen LogP contribution in [0.4, 0.5) is 17.2 Å². The highest BCUT2D eigenvalue weighted by Crippen LogP contribution is 2.21. The van der Waals surface area contributed by atoms with Crippen molar-refractivity contribution in [2.75, 3.05) is 10.6 Å². The molecule has 5 nitrogen and oxygen atoms in total. The number of hydrogen-bond acceptors (Lipinski definition) is 3. The number of carbonyl (C=O) groups is 1. The summed E-state index contributed by atoms with van der Waals surface area (Å²) in [6, 6.07) is 19.9. The zero-order chi connectivity index (χ0) is 19.3. The number of benzene rings is 2. The maximum absolute atomic E-state index is 12.4. The molecule has 0 atom stereocenters. The predicted molar refractivity (Wildman–Crippen MR) is 114 cm³/mol. The third-order valence-electron chi connectivity index (χ3n) is 4.73. The molecule has 0 fully saturated rings. The summed E-state index contributed by atoms with van der Waals surface area (Å²) in [5.41, 5.74) is 4.98. The Kier molecular flexibility index (Phi) is 5.06. The number of nitrogens with zero attached hydrogens (tertiary/aromatic N) is 1. The van der Waals surface area contributed by atoms with E-state index in [1.807, 2.05) is 60.8 Å². The van der Waals surface area contributed by atoms with Crippen molar-refractivity contribution in [2.45, 2.75) is 19.8 Å². The second-order valence-electron chi connectivity index (χ2n) is 6.65. The van der Waals surface area contributed by atoms with Crippen molar-refractivity contribution in [3.05, 3.63) is 84.2 Å². The number of anilines is 3. The molecule has 0 saturated carbocycles. The molecular weight excluding hydrogens is 348 g/mol. The Morgan fingerprint density at radius 3 is 2.64 bits per heavy atom. The molecule has 2 aromatic carbocycles. The van der Waals surface area contributed by atoms with Gasteiger partial charge in [-0.3, -0.25) is 4.79 Å². The molecule has 2 aromatic heterocycles. The lowest BCUT2D eigenvalue weighted by atomic mass is 10.1. The highest BCUT2D eigenvalue weighted by molar-refractivity contribution is 5.95. The van der Waals surface area contributed by atoms with Gasteiger partial charge < -0.3 is 15.6 Å². The maximum Gasteiger partial charge on any atom is 0.228 e. The van der Waals surface area contributed by atoms with Crippen LogP contribution in [-0.2, 0) is 17.6 Å². The van der Waals surface area contributed by atoms with Gasteiger partial charge in [0.25, 0.3) is 0 Å². The first-order chi connectivity index (χ1) is 13.7. The van der Waals surface area contributed by atoms with E-state index in [1.165, 1.54) is 5.56 Å². The van der Waals surface area contributed by atoms with Crippen LogP contribution in [0.1, 0.15) is 18.1 Å². The first-order valence-corrected chi connectivity index (χ1v) is 9.39. The van der Waals surface area contributed by atoms with E-state index in [4.69, 9.17) is 0 Å². The fourth-order valence-corrected chi connectivity index (χ4v) is 3.29. The Morgan fingerprint density at radius 1 is 1.00 bits per heavy atom. The Hall–Kier alpha value is -3.60. The van der Waals surface area contributed by atoms with E-state index in [1.54, 1.807) is 6.20 Å². The lowest BCUT2D eigenvalue weighted by Gasteiger charge is -2.11. The van der Waals surface area contributed by atoms with Crippen LogP contribution in [0.25, 0.3) is 10.9 Å². The number of hydrogen-bond donors (Lipinski definition) is 3. The maximum atomic E-state index is 12.4. The standard InChI is InChI=1S/C23H22N4O/c1-2-16-7-3-5-9-20(16)27-22-12-11-18(15-25-22)26-23(28)13-17-14-24-21-10-6-4-8-19(17)21/h3-12,14-15,24H,2,13H2,1H3,(H,25,27)(H,26,28). The summed E-state index contributed by atoms with van der Waals surface area (Å²) in [5, 5.41) is 7.32. The summed E-state index contributed by atoms with van der Waals surface area (Å²) >= 11 is 0. The number of nitrogens with one attached hydrogen (secondary N) is 3. The number of aryl methyl sites for hydroxylation is 1. The summed E-state index contributed by atoms with van der Waals surface area (Å²) in [5.74, 6) is 0.680. The average Bonchev–Trinajstić information content (AvgIpc) is 3.13. The predicted octanol–water partition coefficient (Wildman–Crippen LogP) is 5.05. The molecular formula is C23H22N4O. The summed E-state index contributed by atoms with van der Waals surface area (Å²) in [7, 11) is 0. The summed E-state index contributed by atoms with van der Waals surface area (Å²) < 4.78 is 0. The van der Waals surface area contributed by atoms with Gasteiger partial charge in [0.05, 0.1) is 18.3 Å². The van der Waals surface area contributed by atoms with Gasteiger partial charge in [-0.25, -0.2) is 4.98 Å². The van der Waals surface area contributed by atoms with Gasteiger partial charge in [0.15, 0.2) is 0 Å². The van der Waals surface area contributed by atoms with E-state index in [0.717, 1.165) is 34.4 Å². The molecule has 4 rings (SSSR count). The minimum absolute atomic E-state index is 0.0661. The molecule has 0 radical (unpaired) electrons. The zero-order valence-electron chi connectivity index (χ0n) is 15.7. The zero-order valence-corrected chi connectivity index (χ0v) is 15.7. The van der Waals surface area contributed by atoms with Crippen molar-refractivity contribution in [3.63, 3.8) is 0 Å². The van der Waals surface area contributed by atoms with Crippen molar-refractivity contribution in [1.29, 1.82) is 0 Å². The molecule has 0 unspecified atom stereocenters. The Labute approximate surface area is 163 Å². The molecule has 1 amide bonds. The van der Waals surface area contributed by atoms with Crippen LogP contribution >= 0.6 is 0 Å². The van der Waals surface area contributed by atoms with Gasteiger partial charge in [0.1, 0.15) is 5.82 Å². The monoisotopic (exact) mass is 370 g/mol. The van der Waals surface area contributed by atoms with Crippen LogP contribution in [-0.4, -0.2) is 15.9 Å². The molecule has 0 aliphatic rings. The molecule has 3 N–H and O–H groups in total. The van der Waals surface area contributed by atoms with E-state index in [0.29, 0.717) is 12.1 Å². The number of aromatic amines is 1. The molecule has 140 valence electrons. The molecule has 5 heteroatoms. The lowest BCUT2D eigenvalue weighted by Crippen LogP contribution is -2.14. The highest BCUT2D eigenvalue weighted by Gasteiger charge is 2.09. The van der Waals surface area contributed by atoms with Gasteiger partial charge >= 0.3 is 0 Å². The number of fused-ring (bicyclic) bond motifs is 1. The summed E-state index contributed by atoms with van der Waals surface area (Å²) in [4.78, 5) is 20.0. The van der Waals surface area contributed by atoms with Crippen LogP contribution in [0.15, 0.2) is 73.1 Å². The van der Waals surface area contributed by atoms with Gasteiger partial charge in [-0.2, -0.15) is 0 Å². The molecule has 0 saturated heterocycles. The van der Waals surface area contributed by atoms with Crippen LogP contribution in [0.2, 0.25) is 0 Å². The molecule has 0 aliphatic heterocycles. The highest BCUT2D eigenvalue weighted by atomic mass is 16.1. The fraction of sp³-hybridized carbons (Fsp3) is 0.130. The number of pyridine rings is 1. The summed E-state index contributed by atoms with van der Waals surface area (Å²) in [6.45, 7) is 2.13. The van der Waals surface area contributed by atoms with Gasteiger partial charge in [-0.15, -0.1) is 0 Å². The van der Waals surface area contributed by atoms with Crippen molar-refractivity contribution < 1.29 is 4.79 Å². The first-order valence-electron chi connectivity index (χ1n) is 9.39. The van der Waals surface area contributed by atoms with E-state index in [-0.39, 0.29) is 5.91 Å². The molecule has 0 aliphatic carbocycles. The first kappa shape index (κ1) is 17.8. The SMILES string of the molecule is CCc1ccccc1Nc1ccc(NC(=O)Cc2c[nH]c3ccccc23)cn1. The average molecular weight is 370 g/mol. The van der Waals surface area contributed by atoms with Crippen molar-refractivity contribution in [1.82, 2.24) is 9.97 Å². The molecule has 2 heterocycles. The molecule has 0 spiro atoms. The number of aromatic nitrogens is 2. The van der Waals surface area contributed by atoms with Gasteiger partial charge in [-0.1, -0.05) is 43.3 Å². The van der Waals surface area contributed by atoms with E-state index in [9.17, 15) is 4.79 Å². The quantitative estimate of drug-likeness (QED) is 0.445. The van der Waals surface area contributed by atoms with Crippen LogP contribution in [0.5, 0.6) is 0 Å². The Morgan fingerprint density at radius 2 is 1.82 bits per heavy atom. The van der Waals surface area contributed by atoms with E-state index in [2.05, 4.69) is 33.6 Å². The summed E-state index contributed by atoms with van der Waals surface area (Å²) in [6.07, 6.45) is 4.82. The third-order valence-corrected chi connectivity index (χ3v) is 4.73. The molecule has 0 bridgehead atoms. The minimum Gasteiger partial charge on any atom is -0.361 e. The number of H-pyrrole nitrogens is 1. The second kappa shape index (κ2) is 7.96. The Balaban J connectivity index is 1.41. The Bertz CT molecular complexity index is 1100. The van der Waals surface area contributed by atoms with Crippen LogP contribution < -0.4 is 10.6 Å². The second-order valence-corrected chi connectivity index (χ2v) is 6.65. The van der Waals surface area contributed by atoms with E-state index < -0.39 is 0 Å². The van der Waals surface area contributed by atoms with Gasteiger partial charge in [0.2, 0.25) is 5.91 Å². The van der Waals surface area contributed by atoms with Gasteiger partial charge in [-0.05, 0) is 41.8 Å². The fourth-order valence-electron chi connectivity index (χ4n) is 3.29. The largest absolute Gasteiger partial charge is 0.361 e. The van der Waals surface area contributed by atoms with E-state index >= 15 is 0 Å². The van der Waals surface area contributed by atoms with Gasteiger partial charge in [0, 0.05) is 22.8 Å². The van der Waals surface area contributed by atoms with Crippen molar-refractivity contribution in [2.24, 2.45) is 0 Å². The molecule has 28 heavy (non-hydrogen) atoms. The smallest absolute Gasteiger partial charge is 0.228 e. The van der Waals surface area contributed by atoms with Crippen LogP contribution in [0.3, 0.4) is 0 Å². The number of para-hydroxylation sites is 2. The molecule has 4 aromatic rings. The normalized spacial score (nSPS) is 10.8. The third kappa shape index (κ3) is 3.88. The van der Waals surface area contributed by atoms with Crippen molar-refractivity contribution in [3.8, 4) is 0 Å².